The van der Waals surface area contributed by atoms with Crippen LogP contribution in [0.3, 0.4) is 0 Å². The van der Waals surface area contributed by atoms with Crippen molar-refractivity contribution in [3.63, 3.8) is 0 Å². The van der Waals surface area contributed by atoms with E-state index in [1.54, 1.807) is 0 Å². The first-order valence-electron chi connectivity index (χ1n) is 8.28. The van der Waals surface area contributed by atoms with E-state index in [2.05, 4.69) is 5.32 Å². The molecule has 1 aliphatic carbocycles. The molecule has 0 bridgehead atoms. The van der Waals surface area contributed by atoms with E-state index in [0.29, 0.717) is 19.3 Å². The van der Waals surface area contributed by atoms with Gasteiger partial charge in [0.1, 0.15) is 13.2 Å². The minimum absolute atomic E-state index is 0.0936. The van der Waals surface area contributed by atoms with Gasteiger partial charge in [-0.3, -0.25) is 4.79 Å². The number of hydrogen-bond donors (Lipinski definition) is 1. The molecule has 0 spiro atoms. The lowest BCUT2D eigenvalue weighted by Crippen LogP contribution is -2.45. The monoisotopic (exact) mass is 303 g/mol. The molecule has 3 rings (SSSR count). The third-order valence-electron chi connectivity index (χ3n) is 4.77. The van der Waals surface area contributed by atoms with Crippen LogP contribution in [-0.4, -0.2) is 25.2 Å². The molecule has 1 N–H and O–H groups in total. The summed E-state index contributed by atoms with van der Waals surface area (Å²) in [7, 11) is 0. The highest BCUT2D eigenvalue weighted by Gasteiger charge is 2.32. The summed E-state index contributed by atoms with van der Waals surface area (Å²) in [6.07, 6.45) is 5.93. The zero-order valence-corrected chi connectivity index (χ0v) is 13.5. The van der Waals surface area contributed by atoms with Crippen LogP contribution in [0.1, 0.15) is 51.5 Å². The highest BCUT2D eigenvalue weighted by Crippen LogP contribution is 2.35. The molecule has 0 saturated heterocycles. The Morgan fingerprint density at radius 1 is 1.09 bits per heavy atom. The molecule has 1 amide bonds. The number of ether oxygens (including phenoxy) is 2. The molecule has 1 aromatic rings. The molecular weight excluding hydrogens is 278 g/mol. The van der Waals surface area contributed by atoms with Crippen LogP contribution in [0.2, 0.25) is 0 Å². The van der Waals surface area contributed by atoms with Crippen molar-refractivity contribution < 1.29 is 14.3 Å². The molecule has 1 heterocycles. The van der Waals surface area contributed by atoms with Crippen molar-refractivity contribution in [3.8, 4) is 11.5 Å². The Morgan fingerprint density at radius 3 is 2.50 bits per heavy atom. The molecule has 1 aliphatic heterocycles. The highest BCUT2D eigenvalue weighted by molar-refractivity contribution is 5.87. The van der Waals surface area contributed by atoms with Gasteiger partial charge in [0, 0.05) is 6.04 Å². The van der Waals surface area contributed by atoms with E-state index >= 15 is 0 Å². The van der Waals surface area contributed by atoms with Crippen LogP contribution >= 0.6 is 0 Å². The van der Waals surface area contributed by atoms with Crippen molar-refractivity contribution in [2.45, 2.75) is 57.4 Å². The fourth-order valence-electron chi connectivity index (χ4n) is 3.18. The van der Waals surface area contributed by atoms with Crippen LogP contribution in [0.15, 0.2) is 18.2 Å². The van der Waals surface area contributed by atoms with Gasteiger partial charge in [0.2, 0.25) is 5.91 Å². The Morgan fingerprint density at radius 2 is 1.77 bits per heavy atom. The molecule has 0 atom stereocenters. The minimum atomic E-state index is -0.576. The first-order valence-corrected chi connectivity index (χ1v) is 8.28. The molecule has 2 aliphatic rings. The summed E-state index contributed by atoms with van der Waals surface area (Å²) in [5, 5.41) is 3.23. The predicted octanol–water partition coefficient (Wildman–Crippen LogP) is 3.18. The van der Waals surface area contributed by atoms with Gasteiger partial charge in [0.05, 0.1) is 5.41 Å². The average molecular weight is 303 g/mol. The number of benzene rings is 1. The van der Waals surface area contributed by atoms with Gasteiger partial charge in [-0.2, -0.15) is 0 Å². The van der Waals surface area contributed by atoms with Crippen LogP contribution < -0.4 is 14.8 Å². The third kappa shape index (κ3) is 3.06. The first kappa shape index (κ1) is 15.2. The number of nitrogens with one attached hydrogen (secondary N) is 1. The molecule has 1 saturated carbocycles. The number of amides is 1. The van der Waals surface area contributed by atoms with Crippen molar-refractivity contribution in [1.82, 2.24) is 5.32 Å². The Hall–Kier alpha value is -1.71. The topological polar surface area (TPSA) is 47.6 Å². The normalized spacial score (nSPS) is 18.8. The van der Waals surface area contributed by atoms with Gasteiger partial charge < -0.3 is 14.8 Å². The second-order valence-electron chi connectivity index (χ2n) is 6.79. The number of carbonyl (C=O) groups excluding carboxylic acids is 1. The van der Waals surface area contributed by atoms with E-state index in [-0.39, 0.29) is 5.91 Å². The number of carbonyl (C=O) groups is 1. The fraction of sp³-hybridized carbons (Fsp3) is 0.611. The summed E-state index contributed by atoms with van der Waals surface area (Å²) in [6.45, 7) is 5.08. The lowest BCUT2D eigenvalue weighted by molar-refractivity contribution is -0.126. The van der Waals surface area contributed by atoms with Gasteiger partial charge in [-0.25, -0.2) is 0 Å². The lowest BCUT2D eigenvalue weighted by atomic mass is 9.82. The summed E-state index contributed by atoms with van der Waals surface area (Å²) >= 11 is 0. The van der Waals surface area contributed by atoms with Crippen molar-refractivity contribution in [3.05, 3.63) is 23.8 Å². The zero-order valence-electron chi connectivity index (χ0n) is 13.5. The molecule has 4 heteroatoms. The SMILES string of the molecule is CC(C)(C(=O)NC1CCCCC1)c1ccc2c(c1)OCCO2. The molecule has 0 aromatic heterocycles. The number of rotatable bonds is 3. The Labute approximate surface area is 132 Å². The second kappa shape index (κ2) is 6.19. The largest absolute Gasteiger partial charge is 0.486 e. The Balaban J connectivity index is 1.74. The van der Waals surface area contributed by atoms with Gasteiger partial charge in [0.25, 0.3) is 0 Å². The van der Waals surface area contributed by atoms with E-state index in [4.69, 9.17) is 9.47 Å². The van der Waals surface area contributed by atoms with Crippen LogP contribution in [0.5, 0.6) is 11.5 Å². The predicted molar refractivity (Wildman–Crippen MR) is 85.5 cm³/mol. The maximum Gasteiger partial charge on any atom is 0.230 e. The molecule has 0 unspecified atom stereocenters. The van der Waals surface area contributed by atoms with Crippen molar-refractivity contribution in [2.24, 2.45) is 0 Å². The van der Waals surface area contributed by atoms with Crippen molar-refractivity contribution >= 4 is 5.91 Å². The average Bonchev–Trinajstić information content (AvgIpc) is 2.55. The van der Waals surface area contributed by atoms with Crippen LogP contribution in [0, 0.1) is 0 Å². The van der Waals surface area contributed by atoms with E-state index in [1.807, 2.05) is 32.0 Å². The molecular formula is C18H25NO3. The van der Waals surface area contributed by atoms with Gasteiger partial charge in [0.15, 0.2) is 11.5 Å². The van der Waals surface area contributed by atoms with Crippen molar-refractivity contribution in [2.75, 3.05) is 13.2 Å². The van der Waals surface area contributed by atoms with E-state index in [9.17, 15) is 4.79 Å². The van der Waals surface area contributed by atoms with Gasteiger partial charge in [-0.15, -0.1) is 0 Å². The van der Waals surface area contributed by atoms with Crippen LogP contribution in [0.25, 0.3) is 0 Å². The summed E-state index contributed by atoms with van der Waals surface area (Å²) < 4.78 is 11.2. The van der Waals surface area contributed by atoms with Crippen molar-refractivity contribution in [1.29, 1.82) is 0 Å². The maximum atomic E-state index is 12.7. The number of fused-ring (bicyclic) bond motifs is 1. The van der Waals surface area contributed by atoms with E-state index in [1.165, 1.54) is 19.3 Å². The minimum Gasteiger partial charge on any atom is -0.486 e. The molecule has 22 heavy (non-hydrogen) atoms. The summed E-state index contributed by atoms with van der Waals surface area (Å²) in [6, 6.07) is 6.14. The summed E-state index contributed by atoms with van der Waals surface area (Å²) in [4.78, 5) is 12.7. The first-order chi connectivity index (χ1) is 10.6. The number of hydrogen-bond acceptors (Lipinski definition) is 3. The highest BCUT2D eigenvalue weighted by atomic mass is 16.6. The maximum absolute atomic E-state index is 12.7. The lowest BCUT2D eigenvalue weighted by Gasteiger charge is -2.30. The fourth-order valence-corrected chi connectivity index (χ4v) is 3.18. The standard InChI is InChI=1S/C18H25NO3/c1-18(2,17(20)19-14-6-4-3-5-7-14)13-8-9-15-16(12-13)22-11-10-21-15/h8-9,12,14H,3-7,10-11H2,1-2H3,(H,19,20). The molecule has 120 valence electrons. The van der Waals surface area contributed by atoms with Gasteiger partial charge in [-0.05, 0) is 44.4 Å². The Kier molecular flexibility index (Phi) is 4.27. The zero-order chi connectivity index (χ0) is 15.6. The van der Waals surface area contributed by atoms with E-state index in [0.717, 1.165) is 29.9 Å². The van der Waals surface area contributed by atoms with Crippen LogP contribution in [-0.2, 0) is 10.2 Å². The Bertz CT molecular complexity index is 547. The molecule has 0 radical (unpaired) electrons. The smallest absolute Gasteiger partial charge is 0.230 e. The summed E-state index contributed by atoms with van der Waals surface area (Å²) in [5.74, 6) is 1.59. The third-order valence-corrected chi connectivity index (χ3v) is 4.77. The molecule has 4 nitrogen and oxygen atoms in total. The second-order valence-corrected chi connectivity index (χ2v) is 6.79. The van der Waals surface area contributed by atoms with Gasteiger partial charge >= 0.3 is 0 Å². The van der Waals surface area contributed by atoms with Crippen LogP contribution in [0.4, 0.5) is 0 Å². The van der Waals surface area contributed by atoms with E-state index < -0.39 is 5.41 Å². The molecule has 1 fully saturated rings. The quantitative estimate of drug-likeness (QED) is 0.933. The summed E-state index contributed by atoms with van der Waals surface area (Å²) in [5.41, 5.74) is 0.387. The molecule has 1 aromatic carbocycles. The van der Waals surface area contributed by atoms with Gasteiger partial charge in [-0.1, -0.05) is 25.3 Å².